The van der Waals surface area contributed by atoms with Crippen LogP contribution in [0.15, 0.2) is 78.9 Å². The Balaban J connectivity index is 1.62. The minimum absolute atomic E-state index is 0.318. The summed E-state index contributed by atoms with van der Waals surface area (Å²) >= 11 is 0. The van der Waals surface area contributed by atoms with Gasteiger partial charge in [0.15, 0.2) is 0 Å². The van der Waals surface area contributed by atoms with Gasteiger partial charge in [-0.25, -0.2) is 0 Å². The van der Waals surface area contributed by atoms with Crippen molar-refractivity contribution in [2.75, 3.05) is 22.9 Å². The van der Waals surface area contributed by atoms with E-state index in [1.54, 1.807) is 6.07 Å². The Morgan fingerprint density at radius 3 is 1.72 bits per heavy atom. The first kappa shape index (κ1) is 15.6. The molecular weight excluding hydrogens is 308 g/mol. The smallest absolute Gasteiger partial charge is 0.117 e. The monoisotopic (exact) mass is 330 g/mol. The first-order valence-corrected chi connectivity index (χ1v) is 8.70. The lowest BCUT2D eigenvalue weighted by atomic mass is 10.1. The number of hydrogen-bond acceptors (Lipinski definition) is 3. The molecule has 1 aliphatic heterocycles. The lowest BCUT2D eigenvalue weighted by Gasteiger charge is -2.39. The van der Waals surface area contributed by atoms with Gasteiger partial charge in [-0.3, -0.25) is 0 Å². The number of aromatic hydroxyl groups is 1. The van der Waals surface area contributed by atoms with Crippen LogP contribution in [0, 0.1) is 0 Å². The minimum atomic E-state index is 0.318. The van der Waals surface area contributed by atoms with Crippen LogP contribution >= 0.6 is 0 Å². The fourth-order valence-corrected chi connectivity index (χ4v) is 3.45. The van der Waals surface area contributed by atoms with E-state index in [-0.39, 0.29) is 0 Å². The van der Waals surface area contributed by atoms with Crippen LogP contribution in [0.2, 0.25) is 0 Å². The van der Waals surface area contributed by atoms with Crippen molar-refractivity contribution >= 4 is 11.4 Å². The van der Waals surface area contributed by atoms with Gasteiger partial charge in [-0.15, -0.1) is 0 Å². The number of fused-ring (bicyclic) bond motifs is 1. The van der Waals surface area contributed by atoms with Crippen molar-refractivity contribution in [2.24, 2.45) is 0 Å². The van der Waals surface area contributed by atoms with Crippen LogP contribution in [0.4, 0.5) is 11.4 Å². The highest BCUT2D eigenvalue weighted by molar-refractivity contribution is 5.75. The number of nitrogens with zero attached hydrogens (tertiary/aromatic N) is 2. The van der Waals surface area contributed by atoms with Gasteiger partial charge in [0.1, 0.15) is 5.75 Å². The molecule has 0 saturated carbocycles. The SMILES string of the molecule is Oc1ccc2c(c1)N(Cc1ccccc1)CCN2Cc1ccccc1. The maximum atomic E-state index is 10.0. The largest absolute Gasteiger partial charge is 0.508 e. The number of anilines is 2. The predicted octanol–water partition coefficient (Wildman–Crippen LogP) is 4.42. The number of rotatable bonds is 4. The summed E-state index contributed by atoms with van der Waals surface area (Å²) in [6.07, 6.45) is 0. The van der Waals surface area contributed by atoms with Crippen LogP contribution in [-0.2, 0) is 13.1 Å². The van der Waals surface area contributed by atoms with Gasteiger partial charge in [0.2, 0.25) is 0 Å². The van der Waals surface area contributed by atoms with E-state index < -0.39 is 0 Å². The molecule has 3 aromatic carbocycles. The molecule has 0 aromatic heterocycles. The third-order valence-corrected chi connectivity index (χ3v) is 4.71. The Kier molecular flexibility index (Phi) is 4.30. The summed E-state index contributed by atoms with van der Waals surface area (Å²) in [7, 11) is 0. The lowest BCUT2D eigenvalue weighted by Crippen LogP contribution is -2.40. The average Bonchev–Trinajstić information content (AvgIpc) is 2.65. The molecule has 0 unspecified atom stereocenters. The summed E-state index contributed by atoms with van der Waals surface area (Å²) in [6.45, 7) is 3.66. The van der Waals surface area contributed by atoms with Crippen molar-refractivity contribution in [3.63, 3.8) is 0 Å². The zero-order valence-electron chi connectivity index (χ0n) is 14.2. The molecule has 0 spiro atoms. The second-order valence-electron chi connectivity index (χ2n) is 6.49. The number of hydrogen-bond donors (Lipinski definition) is 1. The summed E-state index contributed by atoms with van der Waals surface area (Å²) in [6, 6.07) is 26.7. The van der Waals surface area contributed by atoms with E-state index in [2.05, 4.69) is 58.3 Å². The van der Waals surface area contributed by atoms with E-state index in [9.17, 15) is 5.11 Å². The van der Waals surface area contributed by atoms with E-state index in [0.29, 0.717) is 5.75 Å². The minimum Gasteiger partial charge on any atom is -0.508 e. The Labute approximate surface area is 148 Å². The Bertz CT molecular complexity index is 833. The van der Waals surface area contributed by atoms with Gasteiger partial charge in [0.25, 0.3) is 0 Å². The van der Waals surface area contributed by atoms with E-state index in [0.717, 1.165) is 31.9 Å². The topological polar surface area (TPSA) is 26.7 Å². The van der Waals surface area contributed by atoms with Crippen molar-refractivity contribution < 1.29 is 5.11 Å². The molecule has 1 N–H and O–H groups in total. The molecule has 126 valence electrons. The molecule has 4 rings (SSSR count). The fourth-order valence-electron chi connectivity index (χ4n) is 3.45. The first-order valence-electron chi connectivity index (χ1n) is 8.70. The van der Waals surface area contributed by atoms with Gasteiger partial charge in [-0.1, -0.05) is 60.7 Å². The van der Waals surface area contributed by atoms with Crippen molar-refractivity contribution in [3.8, 4) is 5.75 Å². The molecule has 0 bridgehead atoms. The highest BCUT2D eigenvalue weighted by Crippen LogP contribution is 2.37. The highest BCUT2D eigenvalue weighted by atomic mass is 16.3. The van der Waals surface area contributed by atoms with Gasteiger partial charge >= 0.3 is 0 Å². The molecule has 0 aliphatic carbocycles. The molecular formula is C22H22N2O. The van der Waals surface area contributed by atoms with Crippen LogP contribution in [-0.4, -0.2) is 18.2 Å². The second kappa shape index (κ2) is 6.89. The molecule has 0 fully saturated rings. The Morgan fingerprint density at radius 1 is 0.640 bits per heavy atom. The maximum absolute atomic E-state index is 10.0. The molecule has 25 heavy (non-hydrogen) atoms. The Morgan fingerprint density at radius 2 is 1.16 bits per heavy atom. The van der Waals surface area contributed by atoms with Gasteiger partial charge in [-0.2, -0.15) is 0 Å². The summed E-state index contributed by atoms with van der Waals surface area (Å²) in [5, 5.41) is 10.0. The van der Waals surface area contributed by atoms with Crippen LogP contribution < -0.4 is 9.80 Å². The first-order chi connectivity index (χ1) is 12.3. The molecule has 3 aromatic rings. The predicted molar refractivity (Wildman–Crippen MR) is 103 cm³/mol. The number of phenols is 1. The van der Waals surface area contributed by atoms with Gasteiger partial charge in [0.05, 0.1) is 11.4 Å². The van der Waals surface area contributed by atoms with Gasteiger partial charge < -0.3 is 14.9 Å². The molecule has 3 heteroatoms. The van der Waals surface area contributed by atoms with Crippen molar-refractivity contribution in [1.29, 1.82) is 0 Å². The fraction of sp³-hybridized carbons (Fsp3) is 0.182. The number of benzene rings is 3. The van der Waals surface area contributed by atoms with Crippen LogP contribution in [0.5, 0.6) is 5.75 Å². The maximum Gasteiger partial charge on any atom is 0.117 e. The summed E-state index contributed by atoms with van der Waals surface area (Å²) in [5.74, 6) is 0.318. The second-order valence-corrected chi connectivity index (χ2v) is 6.49. The quantitative estimate of drug-likeness (QED) is 0.767. The molecule has 0 radical (unpaired) electrons. The summed E-state index contributed by atoms with van der Waals surface area (Å²) < 4.78 is 0. The zero-order chi connectivity index (χ0) is 17.1. The number of phenolic OH excluding ortho intramolecular Hbond substituents is 1. The average molecular weight is 330 g/mol. The van der Waals surface area contributed by atoms with Crippen molar-refractivity contribution in [1.82, 2.24) is 0 Å². The molecule has 3 nitrogen and oxygen atoms in total. The molecule has 0 amide bonds. The summed E-state index contributed by atoms with van der Waals surface area (Å²) in [4.78, 5) is 4.75. The third-order valence-electron chi connectivity index (χ3n) is 4.71. The van der Waals surface area contributed by atoms with Crippen LogP contribution in [0.25, 0.3) is 0 Å². The highest BCUT2D eigenvalue weighted by Gasteiger charge is 2.23. The molecule has 0 saturated heterocycles. The van der Waals surface area contributed by atoms with Crippen molar-refractivity contribution in [2.45, 2.75) is 13.1 Å². The van der Waals surface area contributed by atoms with Crippen molar-refractivity contribution in [3.05, 3.63) is 90.0 Å². The van der Waals surface area contributed by atoms with E-state index in [1.807, 2.05) is 24.3 Å². The zero-order valence-corrected chi connectivity index (χ0v) is 14.2. The summed E-state index contributed by atoms with van der Waals surface area (Å²) in [5.41, 5.74) is 4.88. The van der Waals surface area contributed by atoms with E-state index in [4.69, 9.17) is 0 Å². The molecule has 0 atom stereocenters. The van der Waals surface area contributed by atoms with Gasteiger partial charge in [0, 0.05) is 32.2 Å². The standard InChI is InChI=1S/C22H22N2O/c25-20-11-12-21-22(15-20)24(17-19-9-5-2-6-10-19)14-13-23(21)16-18-7-3-1-4-8-18/h1-12,15,25H,13-14,16-17H2. The van der Waals surface area contributed by atoms with Gasteiger partial charge in [-0.05, 0) is 23.3 Å². The van der Waals surface area contributed by atoms with Crippen LogP contribution in [0.3, 0.4) is 0 Å². The lowest BCUT2D eigenvalue weighted by molar-refractivity contribution is 0.475. The molecule has 1 aliphatic rings. The molecule has 1 heterocycles. The third kappa shape index (κ3) is 3.45. The van der Waals surface area contributed by atoms with E-state index >= 15 is 0 Å². The normalized spacial score (nSPS) is 13.6. The van der Waals surface area contributed by atoms with Crippen LogP contribution in [0.1, 0.15) is 11.1 Å². The van der Waals surface area contributed by atoms with E-state index in [1.165, 1.54) is 16.8 Å². The Hall–Kier alpha value is -2.94.